The van der Waals surface area contributed by atoms with E-state index < -0.39 is 43.8 Å². The molecule has 0 unspecified atom stereocenters. The summed E-state index contributed by atoms with van der Waals surface area (Å²) in [5, 5.41) is 22.1. The minimum Gasteiger partial charge on any atom is -0.383 e. The maximum absolute atomic E-state index is 14.3. The maximum Gasteiger partial charge on any atom is 0.406 e. The molecule has 0 radical (unpaired) electrons. The van der Waals surface area contributed by atoms with Crippen molar-refractivity contribution < 1.29 is 28.3 Å². The number of rotatable bonds is 18. The van der Waals surface area contributed by atoms with Crippen LogP contribution in [0.4, 0.5) is 0 Å². The van der Waals surface area contributed by atoms with Crippen LogP contribution in [0, 0.1) is 5.92 Å². The number of carbonyl (C=O) groups is 2. The van der Waals surface area contributed by atoms with E-state index in [1.54, 1.807) is 32.4 Å². The number of aliphatic hydroxyl groups excluding tert-OH is 1. The molecule has 14 heteroatoms. The third-order valence-electron chi connectivity index (χ3n) is 8.96. The Labute approximate surface area is 287 Å². The van der Waals surface area contributed by atoms with Crippen molar-refractivity contribution in [2.45, 2.75) is 89.4 Å². The van der Waals surface area contributed by atoms with Crippen LogP contribution in [-0.2, 0) is 36.0 Å². The highest BCUT2D eigenvalue weighted by molar-refractivity contribution is 7.51. The molecule has 0 aliphatic heterocycles. The Morgan fingerprint density at radius 1 is 0.959 bits per heavy atom. The number of hydrogen-bond acceptors (Lipinski definition) is 8. The van der Waals surface area contributed by atoms with Gasteiger partial charge in [0.25, 0.3) is 0 Å². The molecule has 1 fully saturated rings. The zero-order valence-corrected chi connectivity index (χ0v) is 29.0. The number of carbonyl (C=O) groups excluding carboxylic acids is 2. The molecule has 1 saturated carbocycles. The first-order valence-corrected chi connectivity index (χ1v) is 18.7. The number of aromatic nitrogens is 4. The minimum atomic E-state index is -3.91. The molecule has 4 atom stereocenters. The average Bonchev–Trinajstić information content (AvgIpc) is 3.83. The second-order valence-corrected chi connectivity index (χ2v) is 14.2. The Morgan fingerprint density at radius 3 is 2.39 bits per heavy atom. The van der Waals surface area contributed by atoms with Crippen LogP contribution in [0.3, 0.4) is 0 Å². The highest BCUT2D eigenvalue weighted by Gasteiger charge is 2.36. The summed E-state index contributed by atoms with van der Waals surface area (Å²) < 4.78 is 24.7. The summed E-state index contributed by atoms with van der Waals surface area (Å²) in [6.07, 6.45) is 11.5. The quantitative estimate of drug-likeness (QED) is 0.0791. The number of fused-ring (bicyclic) bond motifs is 1. The number of H-pyrrole nitrogens is 2. The SMILES string of the molecule is CCOP(=O)(N[C@@H](Cc1cccc2ccccc12)C(=O)N[C@@H](Cc1cnc[nH]1)C(=O)N[C@H](CC1CCCCC1)[C@H](O)c1ncc[nH]1)OCC. The molecule has 0 bridgehead atoms. The van der Waals surface area contributed by atoms with Gasteiger partial charge in [0.05, 0.1) is 25.6 Å². The van der Waals surface area contributed by atoms with Gasteiger partial charge in [-0.05, 0) is 48.9 Å². The van der Waals surface area contributed by atoms with E-state index in [0.29, 0.717) is 23.9 Å². The smallest absolute Gasteiger partial charge is 0.383 e. The van der Waals surface area contributed by atoms with Crippen molar-refractivity contribution in [3.05, 3.63) is 84.5 Å². The average molecular weight is 694 g/mol. The van der Waals surface area contributed by atoms with Gasteiger partial charge in [0.15, 0.2) is 0 Å². The summed E-state index contributed by atoms with van der Waals surface area (Å²) in [6.45, 7) is 3.58. The molecule has 264 valence electrons. The summed E-state index contributed by atoms with van der Waals surface area (Å²) in [6, 6.07) is 10.8. The van der Waals surface area contributed by atoms with Crippen molar-refractivity contribution >= 4 is 30.3 Å². The third kappa shape index (κ3) is 10.1. The van der Waals surface area contributed by atoms with Crippen LogP contribution in [0.2, 0.25) is 0 Å². The van der Waals surface area contributed by atoms with Gasteiger partial charge in [-0.15, -0.1) is 0 Å². The molecule has 2 aromatic heterocycles. The van der Waals surface area contributed by atoms with E-state index in [1.165, 1.54) is 12.7 Å². The number of hydrogen-bond donors (Lipinski definition) is 6. The van der Waals surface area contributed by atoms with Gasteiger partial charge in [-0.1, -0.05) is 74.6 Å². The molecule has 4 aromatic rings. The molecule has 0 saturated heterocycles. The fourth-order valence-corrected chi connectivity index (χ4v) is 8.08. The van der Waals surface area contributed by atoms with Gasteiger partial charge in [-0.25, -0.2) is 19.6 Å². The summed E-state index contributed by atoms with van der Waals surface area (Å²) in [5.74, 6) is -0.346. The lowest BCUT2D eigenvalue weighted by Gasteiger charge is -2.31. The first kappa shape index (κ1) is 36.4. The topological polar surface area (TPSA) is 183 Å². The van der Waals surface area contributed by atoms with Gasteiger partial charge in [-0.3, -0.25) is 18.6 Å². The molecule has 2 heterocycles. The van der Waals surface area contributed by atoms with E-state index in [-0.39, 0.29) is 26.1 Å². The van der Waals surface area contributed by atoms with Gasteiger partial charge in [-0.2, -0.15) is 0 Å². The van der Waals surface area contributed by atoms with Crippen molar-refractivity contribution in [3.8, 4) is 0 Å². The maximum atomic E-state index is 14.3. The first-order valence-electron chi connectivity index (χ1n) is 17.2. The van der Waals surface area contributed by atoms with Crippen molar-refractivity contribution in [2.24, 2.45) is 5.92 Å². The van der Waals surface area contributed by atoms with Crippen LogP contribution in [0.25, 0.3) is 10.8 Å². The normalized spacial score (nSPS) is 16.6. The zero-order chi connectivity index (χ0) is 34.6. The molecular weight excluding hydrogens is 645 g/mol. The van der Waals surface area contributed by atoms with Crippen LogP contribution in [0.15, 0.2) is 67.4 Å². The van der Waals surface area contributed by atoms with E-state index in [9.17, 15) is 19.3 Å². The molecule has 5 rings (SSSR count). The molecule has 6 N–H and O–H groups in total. The van der Waals surface area contributed by atoms with Crippen LogP contribution < -0.4 is 15.7 Å². The summed E-state index contributed by atoms with van der Waals surface area (Å²) in [5.41, 5.74) is 1.47. The van der Waals surface area contributed by atoms with Crippen LogP contribution >= 0.6 is 7.75 Å². The Hall–Kier alpha value is -3.87. The Bertz CT molecular complexity index is 1650. The van der Waals surface area contributed by atoms with E-state index in [0.717, 1.165) is 42.0 Å². The number of amides is 2. The van der Waals surface area contributed by atoms with Crippen LogP contribution in [0.5, 0.6) is 0 Å². The van der Waals surface area contributed by atoms with Gasteiger partial charge in [0.1, 0.15) is 24.0 Å². The van der Waals surface area contributed by atoms with Gasteiger partial charge in [0.2, 0.25) is 11.8 Å². The molecular formula is C35H48N7O6P. The second-order valence-electron chi connectivity index (χ2n) is 12.5. The van der Waals surface area contributed by atoms with E-state index in [4.69, 9.17) is 9.05 Å². The van der Waals surface area contributed by atoms with Crippen molar-refractivity contribution in [3.63, 3.8) is 0 Å². The number of imidazole rings is 2. The lowest BCUT2D eigenvalue weighted by Crippen LogP contribution is -2.56. The largest absolute Gasteiger partial charge is 0.406 e. The molecule has 1 aliphatic carbocycles. The molecule has 2 amide bonds. The summed E-state index contributed by atoms with van der Waals surface area (Å²) in [4.78, 5) is 42.7. The zero-order valence-electron chi connectivity index (χ0n) is 28.1. The lowest BCUT2D eigenvalue weighted by atomic mass is 9.83. The molecule has 49 heavy (non-hydrogen) atoms. The number of aromatic amines is 2. The molecule has 1 aliphatic rings. The number of nitrogens with one attached hydrogen (secondary N) is 5. The summed E-state index contributed by atoms with van der Waals surface area (Å²) in [7, 11) is -3.91. The number of aliphatic hydroxyl groups is 1. The lowest BCUT2D eigenvalue weighted by molar-refractivity contribution is -0.130. The standard InChI is InChI=1S/C35H48N7O6P/c1-3-47-49(46,48-4-2)42-31(20-26-15-10-14-25-13-8-9-16-28(25)26)35(45)41-30(21-27-22-36-23-39-27)34(44)40-29(19-24-11-6-5-7-12-24)32(43)33-37-17-18-38-33/h8-10,13-18,22-24,29-32,43H,3-7,11-12,19-21H2,1-2H3,(H,36,39)(H,37,38)(H,40,44)(H,41,45)(H,42,46)/t29-,30+,31+,32+/m1/s1. The predicted molar refractivity (Wildman–Crippen MR) is 186 cm³/mol. The van der Waals surface area contributed by atoms with Crippen molar-refractivity contribution in [1.29, 1.82) is 0 Å². The fraction of sp³-hybridized carbons (Fsp3) is 0.486. The van der Waals surface area contributed by atoms with E-state index >= 15 is 0 Å². The van der Waals surface area contributed by atoms with Crippen LogP contribution in [0.1, 0.15) is 75.6 Å². The fourth-order valence-electron chi connectivity index (χ4n) is 6.59. The summed E-state index contributed by atoms with van der Waals surface area (Å²) >= 11 is 0. The van der Waals surface area contributed by atoms with E-state index in [2.05, 4.69) is 35.7 Å². The van der Waals surface area contributed by atoms with Crippen LogP contribution in [-0.4, -0.2) is 68.2 Å². The third-order valence-corrected chi connectivity index (χ3v) is 10.8. The molecule has 2 aromatic carbocycles. The monoisotopic (exact) mass is 693 g/mol. The molecule has 0 spiro atoms. The van der Waals surface area contributed by atoms with Gasteiger partial charge < -0.3 is 25.7 Å². The number of benzene rings is 2. The number of nitrogens with zero attached hydrogens (tertiary/aromatic N) is 2. The molecule has 13 nitrogen and oxygen atoms in total. The predicted octanol–water partition coefficient (Wildman–Crippen LogP) is 4.88. The van der Waals surface area contributed by atoms with Gasteiger partial charge in [0, 0.05) is 30.7 Å². The van der Waals surface area contributed by atoms with Crippen molar-refractivity contribution in [2.75, 3.05) is 13.2 Å². The second kappa shape index (κ2) is 17.7. The van der Waals surface area contributed by atoms with Gasteiger partial charge >= 0.3 is 7.75 Å². The van der Waals surface area contributed by atoms with Crippen molar-refractivity contribution in [1.82, 2.24) is 35.7 Å². The minimum absolute atomic E-state index is 0.0954. The van der Waals surface area contributed by atoms with E-state index in [1.807, 2.05) is 42.5 Å². The first-order chi connectivity index (χ1) is 23.8. The highest BCUT2D eigenvalue weighted by Crippen LogP contribution is 2.44. The highest BCUT2D eigenvalue weighted by atomic mass is 31.2. The Balaban J connectivity index is 1.42. The Kier molecular flexibility index (Phi) is 13.1. The Morgan fingerprint density at radius 2 is 1.69 bits per heavy atom.